The monoisotopic (exact) mass is 278 g/mol. The summed E-state index contributed by atoms with van der Waals surface area (Å²) in [5, 5.41) is 4.70. The normalized spacial score (nSPS) is 12.7. The lowest BCUT2D eigenvalue weighted by molar-refractivity contribution is 0.195. The van der Waals surface area contributed by atoms with Crippen LogP contribution in [0.2, 0.25) is 0 Å². The Kier molecular flexibility index (Phi) is 5.58. The number of fused-ring (bicyclic) bond motifs is 1. The van der Waals surface area contributed by atoms with Gasteiger partial charge in [0.05, 0.1) is 17.5 Å². The lowest BCUT2D eigenvalue weighted by Crippen LogP contribution is -2.20. The van der Waals surface area contributed by atoms with Crippen LogP contribution in [0.25, 0.3) is 10.9 Å². The molecule has 2 rings (SSSR count). The number of aromatic nitrogens is 1. The Morgan fingerprint density at radius 3 is 3.00 bits per heavy atom. The quantitative estimate of drug-likeness (QED) is 0.625. The Morgan fingerprint density at radius 2 is 2.16 bits per heavy atom. The molecule has 1 atom stereocenters. The Balaban J connectivity index is 1.88. The second-order valence-corrected chi connectivity index (χ2v) is 5.12. The van der Waals surface area contributed by atoms with E-state index in [0.717, 1.165) is 25.0 Å². The molecule has 1 N–H and O–H groups in total. The van der Waals surface area contributed by atoms with Crippen molar-refractivity contribution in [3.8, 4) is 0 Å². The molecule has 0 fully saturated rings. The predicted octanol–water partition coefficient (Wildman–Crippen LogP) is 2.97. The Bertz CT molecular complexity index is 513. The Morgan fingerprint density at radius 1 is 1.32 bits per heavy atom. The van der Waals surface area contributed by atoms with Crippen LogP contribution in [0.1, 0.15) is 12.0 Å². The number of nitrogens with zero attached hydrogens (tertiary/aromatic N) is 1. The van der Waals surface area contributed by atoms with Gasteiger partial charge in [-0.3, -0.25) is 4.98 Å². The molecule has 1 aromatic carbocycles. The molecule has 0 saturated carbocycles. The second kappa shape index (κ2) is 7.43. The van der Waals surface area contributed by atoms with E-state index in [0.29, 0.717) is 6.61 Å². The van der Waals surface area contributed by atoms with Gasteiger partial charge in [-0.1, -0.05) is 18.2 Å². The third-order valence-electron chi connectivity index (χ3n) is 3.04. The Hall–Kier alpha value is -1.16. The SMILES string of the molecule is COCC(Cl)CCNCc1ccnc2ccccc12. The van der Waals surface area contributed by atoms with Crippen molar-refractivity contribution in [1.82, 2.24) is 10.3 Å². The summed E-state index contributed by atoms with van der Waals surface area (Å²) in [6, 6.07) is 10.2. The van der Waals surface area contributed by atoms with Gasteiger partial charge in [-0.25, -0.2) is 0 Å². The molecular formula is C15H19ClN2O. The van der Waals surface area contributed by atoms with Gasteiger partial charge in [0, 0.05) is 25.2 Å². The van der Waals surface area contributed by atoms with E-state index in [1.165, 1.54) is 10.9 Å². The van der Waals surface area contributed by atoms with Gasteiger partial charge >= 0.3 is 0 Å². The summed E-state index contributed by atoms with van der Waals surface area (Å²) in [5.74, 6) is 0. The van der Waals surface area contributed by atoms with E-state index in [9.17, 15) is 0 Å². The molecule has 3 nitrogen and oxygen atoms in total. The highest BCUT2D eigenvalue weighted by Crippen LogP contribution is 2.15. The van der Waals surface area contributed by atoms with Crippen molar-refractivity contribution in [1.29, 1.82) is 0 Å². The van der Waals surface area contributed by atoms with Crippen LogP contribution in [0.15, 0.2) is 36.5 Å². The smallest absolute Gasteiger partial charge is 0.0705 e. The summed E-state index contributed by atoms with van der Waals surface area (Å²) >= 11 is 6.08. The highest BCUT2D eigenvalue weighted by atomic mass is 35.5. The molecule has 0 radical (unpaired) electrons. The number of ether oxygens (including phenoxy) is 1. The molecule has 0 spiro atoms. The standard InChI is InChI=1S/C15H19ClN2O/c1-19-11-13(16)7-8-17-10-12-6-9-18-15-5-3-2-4-14(12)15/h2-6,9,13,17H,7-8,10-11H2,1H3. The van der Waals surface area contributed by atoms with Gasteiger partial charge in [-0.05, 0) is 30.7 Å². The number of para-hydroxylation sites is 1. The zero-order valence-corrected chi connectivity index (χ0v) is 11.9. The second-order valence-electron chi connectivity index (χ2n) is 4.51. The van der Waals surface area contributed by atoms with Crippen molar-refractivity contribution in [3.63, 3.8) is 0 Å². The summed E-state index contributed by atoms with van der Waals surface area (Å²) in [5.41, 5.74) is 2.31. The highest BCUT2D eigenvalue weighted by Gasteiger charge is 2.04. The van der Waals surface area contributed by atoms with Gasteiger partial charge in [0.15, 0.2) is 0 Å². The van der Waals surface area contributed by atoms with E-state index in [-0.39, 0.29) is 5.38 Å². The van der Waals surface area contributed by atoms with Gasteiger partial charge in [0.2, 0.25) is 0 Å². The van der Waals surface area contributed by atoms with Crippen LogP contribution >= 0.6 is 11.6 Å². The average molecular weight is 279 g/mol. The molecule has 1 aromatic heterocycles. The van der Waals surface area contributed by atoms with Crippen LogP contribution in [0.3, 0.4) is 0 Å². The minimum Gasteiger partial charge on any atom is -0.383 e. The van der Waals surface area contributed by atoms with Crippen molar-refractivity contribution in [3.05, 3.63) is 42.1 Å². The molecule has 0 saturated heterocycles. The summed E-state index contributed by atoms with van der Waals surface area (Å²) < 4.78 is 5.01. The first-order valence-corrected chi connectivity index (χ1v) is 6.91. The number of rotatable bonds is 7. The predicted molar refractivity (Wildman–Crippen MR) is 79.6 cm³/mol. The maximum absolute atomic E-state index is 6.08. The van der Waals surface area contributed by atoms with Crippen molar-refractivity contribution < 1.29 is 4.74 Å². The fraction of sp³-hybridized carbons (Fsp3) is 0.400. The minimum atomic E-state index is 0.0756. The molecule has 1 unspecified atom stereocenters. The Labute approximate surface area is 118 Å². The van der Waals surface area contributed by atoms with Gasteiger partial charge in [-0.2, -0.15) is 0 Å². The van der Waals surface area contributed by atoms with E-state index < -0.39 is 0 Å². The summed E-state index contributed by atoms with van der Waals surface area (Å²) in [7, 11) is 1.67. The highest BCUT2D eigenvalue weighted by molar-refractivity contribution is 6.20. The zero-order chi connectivity index (χ0) is 13.5. The van der Waals surface area contributed by atoms with E-state index in [1.807, 2.05) is 24.4 Å². The number of nitrogens with one attached hydrogen (secondary N) is 1. The lowest BCUT2D eigenvalue weighted by Gasteiger charge is -2.10. The van der Waals surface area contributed by atoms with Crippen molar-refractivity contribution >= 4 is 22.5 Å². The minimum absolute atomic E-state index is 0.0756. The van der Waals surface area contributed by atoms with Gasteiger partial charge in [-0.15, -0.1) is 11.6 Å². The largest absolute Gasteiger partial charge is 0.383 e. The molecule has 1 heterocycles. The summed E-state index contributed by atoms with van der Waals surface area (Å²) in [6.07, 6.45) is 2.76. The van der Waals surface area contributed by atoms with Gasteiger partial charge in [0.25, 0.3) is 0 Å². The third kappa shape index (κ3) is 4.16. The van der Waals surface area contributed by atoms with Crippen molar-refractivity contribution in [2.75, 3.05) is 20.3 Å². The van der Waals surface area contributed by atoms with Crippen LogP contribution in [-0.4, -0.2) is 30.6 Å². The number of benzene rings is 1. The topological polar surface area (TPSA) is 34.1 Å². The maximum atomic E-state index is 6.08. The summed E-state index contributed by atoms with van der Waals surface area (Å²) in [6.45, 7) is 2.31. The third-order valence-corrected chi connectivity index (χ3v) is 3.38. The van der Waals surface area contributed by atoms with Crippen LogP contribution in [0.5, 0.6) is 0 Å². The first-order valence-electron chi connectivity index (χ1n) is 6.47. The van der Waals surface area contributed by atoms with E-state index in [1.54, 1.807) is 7.11 Å². The van der Waals surface area contributed by atoms with Gasteiger partial charge < -0.3 is 10.1 Å². The number of halogens is 1. The van der Waals surface area contributed by atoms with E-state index in [2.05, 4.69) is 22.4 Å². The van der Waals surface area contributed by atoms with Crippen LogP contribution in [0.4, 0.5) is 0 Å². The number of pyridine rings is 1. The van der Waals surface area contributed by atoms with E-state index in [4.69, 9.17) is 16.3 Å². The molecule has 2 aromatic rings. The molecule has 0 bridgehead atoms. The number of hydrogen-bond acceptors (Lipinski definition) is 3. The number of methoxy groups -OCH3 is 1. The molecule has 0 aliphatic heterocycles. The molecule has 0 amide bonds. The number of alkyl halides is 1. The first-order chi connectivity index (χ1) is 9.31. The van der Waals surface area contributed by atoms with Gasteiger partial charge in [0.1, 0.15) is 0 Å². The van der Waals surface area contributed by atoms with Crippen LogP contribution in [-0.2, 0) is 11.3 Å². The molecule has 0 aliphatic rings. The molecule has 0 aliphatic carbocycles. The van der Waals surface area contributed by atoms with Crippen molar-refractivity contribution in [2.24, 2.45) is 0 Å². The lowest BCUT2D eigenvalue weighted by atomic mass is 10.1. The van der Waals surface area contributed by atoms with E-state index >= 15 is 0 Å². The molecule has 19 heavy (non-hydrogen) atoms. The van der Waals surface area contributed by atoms with Crippen LogP contribution < -0.4 is 5.32 Å². The zero-order valence-electron chi connectivity index (χ0n) is 11.1. The fourth-order valence-corrected chi connectivity index (χ4v) is 2.29. The van der Waals surface area contributed by atoms with Crippen molar-refractivity contribution in [2.45, 2.75) is 18.3 Å². The molecular weight excluding hydrogens is 260 g/mol. The fourth-order valence-electron chi connectivity index (χ4n) is 2.06. The number of hydrogen-bond donors (Lipinski definition) is 1. The van der Waals surface area contributed by atoms with Crippen LogP contribution in [0, 0.1) is 0 Å². The molecule has 4 heteroatoms. The first kappa shape index (κ1) is 14.3. The molecule has 102 valence electrons. The maximum Gasteiger partial charge on any atom is 0.0705 e. The summed E-state index contributed by atoms with van der Waals surface area (Å²) in [4.78, 5) is 4.36. The average Bonchev–Trinajstić information content (AvgIpc) is 2.44.